The maximum Gasteiger partial charge on any atom is 0.332 e. The number of ether oxygens (including phenoxy) is 2. The van der Waals surface area contributed by atoms with Crippen molar-refractivity contribution in [3.63, 3.8) is 0 Å². The zero-order valence-electron chi connectivity index (χ0n) is 13.5. The SMILES string of the molecule is CCOc1cc(/C=N\NC(N)=O)ccc1OCc1ccc(Cl)c(Cl)c1. The minimum absolute atomic E-state index is 0.313. The minimum Gasteiger partial charge on any atom is -0.490 e. The number of halogens is 2. The number of rotatable bonds is 7. The van der Waals surface area contributed by atoms with Crippen molar-refractivity contribution in [1.29, 1.82) is 0 Å². The Kier molecular flexibility index (Phi) is 6.91. The summed E-state index contributed by atoms with van der Waals surface area (Å²) in [5.41, 5.74) is 8.68. The van der Waals surface area contributed by atoms with Crippen LogP contribution in [0.15, 0.2) is 41.5 Å². The van der Waals surface area contributed by atoms with Gasteiger partial charge in [-0.05, 0) is 48.4 Å². The molecule has 2 aromatic rings. The summed E-state index contributed by atoms with van der Waals surface area (Å²) in [6.07, 6.45) is 1.45. The van der Waals surface area contributed by atoms with Gasteiger partial charge in [0, 0.05) is 0 Å². The number of hydrogen-bond donors (Lipinski definition) is 2. The van der Waals surface area contributed by atoms with Crippen LogP contribution in [0.2, 0.25) is 10.0 Å². The monoisotopic (exact) mass is 381 g/mol. The molecule has 0 heterocycles. The molecule has 6 nitrogen and oxygen atoms in total. The highest BCUT2D eigenvalue weighted by atomic mass is 35.5. The Labute approximate surface area is 155 Å². The number of nitrogens with two attached hydrogens (primary N) is 1. The fourth-order valence-corrected chi connectivity index (χ4v) is 2.27. The summed E-state index contributed by atoms with van der Waals surface area (Å²) >= 11 is 11.9. The van der Waals surface area contributed by atoms with Gasteiger partial charge >= 0.3 is 6.03 Å². The van der Waals surface area contributed by atoms with Crippen molar-refractivity contribution in [2.24, 2.45) is 10.8 Å². The zero-order valence-corrected chi connectivity index (χ0v) is 15.0. The van der Waals surface area contributed by atoms with E-state index in [0.29, 0.717) is 34.8 Å². The number of primary amides is 1. The van der Waals surface area contributed by atoms with E-state index < -0.39 is 6.03 Å². The lowest BCUT2D eigenvalue weighted by Crippen LogP contribution is -2.24. The Morgan fingerprint density at radius 2 is 1.96 bits per heavy atom. The summed E-state index contributed by atoms with van der Waals surface area (Å²) in [5, 5.41) is 4.68. The fraction of sp³-hybridized carbons (Fsp3) is 0.176. The molecule has 0 aliphatic rings. The van der Waals surface area contributed by atoms with Crippen molar-refractivity contribution in [2.45, 2.75) is 13.5 Å². The second-order valence-electron chi connectivity index (χ2n) is 4.91. The summed E-state index contributed by atoms with van der Waals surface area (Å²) in [6.45, 7) is 2.66. The maximum atomic E-state index is 10.6. The normalized spacial score (nSPS) is 10.7. The van der Waals surface area contributed by atoms with Crippen LogP contribution in [0.3, 0.4) is 0 Å². The molecule has 0 saturated heterocycles. The van der Waals surface area contributed by atoms with E-state index in [1.165, 1.54) is 6.21 Å². The Bertz CT molecular complexity index is 782. The Balaban J connectivity index is 2.11. The maximum absolute atomic E-state index is 10.6. The Morgan fingerprint density at radius 3 is 2.64 bits per heavy atom. The number of amides is 2. The summed E-state index contributed by atoms with van der Waals surface area (Å²) in [6, 6.07) is 9.86. The average Bonchev–Trinajstić information content (AvgIpc) is 2.57. The minimum atomic E-state index is -0.733. The first-order chi connectivity index (χ1) is 12.0. The fourth-order valence-electron chi connectivity index (χ4n) is 1.95. The number of benzene rings is 2. The second kappa shape index (κ2) is 9.15. The van der Waals surface area contributed by atoms with Crippen LogP contribution in [-0.2, 0) is 6.61 Å². The summed E-state index contributed by atoms with van der Waals surface area (Å²) in [4.78, 5) is 10.6. The van der Waals surface area contributed by atoms with Crippen LogP contribution in [-0.4, -0.2) is 18.9 Å². The number of hydrazone groups is 1. The van der Waals surface area contributed by atoms with Gasteiger partial charge in [-0.3, -0.25) is 0 Å². The highest BCUT2D eigenvalue weighted by Gasteiger charge is 2.07. The third-order valence-electron chi connectivity index (χ3n) is 3.03. The molecule has 8 heteroatoms. The van der Waals surface area contributed by atoms with Gasteiger partial charge in [0.2, 0.25) is 0 Å². The smallest absolute Gasteiger partial charge is 0.332 e. The standard InChI is InChI=1S/C17H17Cl2N3O3/c1-2-24-16-8-11(9-21-22-17(20)23)4-6-15(16)25-10-12-3-5-13(18)14(19)7-12/h3-9H,2,10H2,1H3,(H3,20,22,23)/b21-9-. The van der Waals surface area contributed by atoms with Gasteiger partial charge in [-0.15, -0.1) is 0 Å². The van der Waals surface area contributed by atoms with E-state index in [9.17, 15) is 4.79 Å². The lowest BCUT2D eigenvalue weighted by molar-refractivity contribution is 0.249. The van der Waals surface area contributed by atoms with Gasteiger partial charge in [-0.25, -0.2) is 10.2 Å². The quantitative estimate of drug-likeness (QED) is 0.561. The predicted octanol–water partition coefficient (Wildman–Crippen LogP) is 3.97. The third kappa shape index (κ3) is 5.85. The first-order valence-corrected chi connectivity index (χ1v) is 8.17. The number of urea groups is 1. The van der Waals surface area contributed by atoms with Crippen molar-refractivity contribution < 1.29 is 14.3 Å². The van der Waals surface area contributed by atoms with Gasteiger partial charge in [0.25, 0.3) is 0 Å². The Hall–Kier alpha value is -2.44. The molecule has 3 N–H and O–H groups in total. The number of nitrogens with one attached hydrogen (secondary N) is 1. The average molecular weight is 382 g/mol. The molecule has 0 unspecified atom stereocenters. The van der Waals surface area contributed by atoms with Gasteiger partial charge < -0.3 is 15.2 Å². The van der Waals surface area contributed by atoms with E-state index in [0.717, 1.165) is 11.1 Å². The van der Waals surface area contributed by atoms with Crippen molar-refractivity contribution in [2.75, 3.05) is 6.61 Å². The van der Waals surface area contributed by atoms with E-state index in [4.69, 9.17) is 38.4 Å². The number of nitrogens with zero attached hydrogens (tertiary/aromatic N) is 1. The van der Waals surface area contributed by atoms with Crippen LogP contribution < -0.4 is 20.6 Å². The van der Waals surface area contributed by atoms with E-state index in [-0.39, 0.29) is 0 Å². The largest absolute Gasteiger partial charge is 0.490 e. The highest BCUT2D eigenvalue weighted by Crippen LogP contribution is 2.29. The molecule has 0 aliphatic heterocycles. The molecule has 0 saturated carbocycles. The zero-order chi connectivity index (χ0) is 18.2. The Morgan fingerprint density at radius 1 is 1.16 bits per heavy atom. The van der Waals surface area contributed by atoms with E-state index in [2.05, 4.69) is 10.5 Å². The van der Waals surface area contributed by atoms with Crippen molar-refractivity contribution in [3.05, 3.63) is 57.6 Å². The summed E-state index contributed by atoms with van der Waals surface area (Å²) < 4.78 is 11.4. The van der Waals surface area contributed by atoms with E-state index >= 15 is 0 Å². The van der Waals surface area contributed by atoms with Crippen LogP contribution in [0.25, 0.3) is 0 Å². The first-order valence-electron chi connectivity index (χ1n) is 7.41. The van der Waals surface area contributed by atoms with Gasteiger partial charge in [0.15, 0.2) is 11.5 Å². The first kappa shape index (κ1) is 18.9. The number of carbonyl (C=O) groups excluding carboxylic acids is 1. The molecule has 0 aliphatic carbocycles. The van der Waals surface area contributed by atoms with E-state index in [1.807, 2.05) is 13.0 Å². The van der Waals surface area contributed by atoms with Gasteiger partial charge in [0.1, 0.15) is 6.61 Å². The molecular weight excluding hydrogens is 365 g/mol. The molecule has 0 atom stereocenters. The molecule has 0 bridgehead atoms. The molecular formula is C17H17Cl2N3O3. The van der Waals surface area contributed by atoms with Gasteiger partial charge in [-0.2, -0.15) is 5.10 Å². The molecule has 0 spiro atoms. The van der Waals surface area contributed by atoms with Crippen LogP contribution in [0.4, 0.5) is 4.79 Å². The predicted molar refractivity (Wildman–Crippen MR) is 98.7 cm³/mol. The van der Waals surface area contributed by atoms with Gasteiger partial charge in [0.05, 0.1) is 22.9 Å². The summed E-state index contributed by atoms with van der Waals surface area (Å²) in [7, 11) is 0. The lowest BCUT2D eigenvalue weighted by atomic mass is 10.2. The topological polar surface area (TPSA) is 85.9 Å². The lowest BCUT2D eigenvalue weighted by Gasteiger charge is -2.13. The molecule has 2 amide bonds. The van der Waals surface area contributed by atoms with Crippen LogP contribution in [0.5, 0.6) is 11.5 Å². The van der Waals surface area contributed by atoms with Gasteiger partial charge in [-0.1, -0.05) is 29.3 Å². The number of carbonyl (C=O) groups is 1. The van der Waals surface area contributed by atoms with Crippen molar-refractivity contribution in [1.82, 2.24) is 5.43 Å². The van der Waals surface area contributed by atoms with Crippen molar-refractivity contribution in [3.8, 4) is 11.5 Å². The third-order valence-corrected chi connectivity index (χ3v) is 3.77. The molecule has 132 valence electrons. The van der Waals surface area contributed by atoms with Crippen LogP contribution in [0.1, 0.15) is 18.1 Å². The highest BCUT2D eigenvalue weighted by molar-refractivity contribution is 6.42. The van der Waals surface area contributed by atoms with Crippen LogP contribution in [0, 0.1) is 0 Å². The molecule has 0 aromatic heterocycles. The summed E-state index contributed by atoms with van der Waals surface area (Å²) in [5.74, 6) is 1.14. The van der Waals surface area contributed by atoms with Crippen LogP contribution >= 0.6 is 23.2 Å². The molecule has 25 heavy (non-hydrogen) atoms. The molecule has 2 aromatic carbocycles. The molecule has 2 rings (SSSR count). The molecule has 0 fully saturated rings. The second-order valence-corrected chi connectivity index (χ2v) is 5.72. The number of hydrogen-bond acceptors (Lipinski definition) is 4. The van der Waals surface area contributed by atoms with E-state index in [1.54, 1.807) is 30.3 Å². The molecule has 0 radical (unpaired) electrons. The van der Waals surface area contributed by atoms with Crippen molar-refractivity contribution >= 4 is 35.4 Å².